The summed E-state index contributed by atoms with van der Waals surface area (Å²) in [5.41, 5.74) is 3.72. The molecule has 0 saturated heterocycles. The second-order valence-electron chi connectivity index (χ2n) is 6.05. The largest absolute Gasteiger partial charge is 0.449 e. The minimum absolute atomic E-state index is 0.0130. The molecule has 3 aromatic rings. The quantitative estimate of drug-likeness (QED) is 0.710. The van der Waals surface area contributed by atoms with Crippen LogP contribution in [0.25, 0.3) is 11.0 Å². The minimum Gasteiger partial charge on any atom is -0.449 e. The Morgan fingerprint density at radius 3 is 2.88 bits per heavy atom. The average Bonchev–Trinajstić information content (AvgIpc) is 2.94. The smallest absolute Gasteiger partial charge is 0.291 e. The number of hydrogen-bond acceptors (Lipinski definition) is 3. The molecule has 0 atom stereocenters. The van der Waals surface area contributed by atoms with Crippen LogP contribution in [0.15, 0.2) is 40.8 Å². The summed E-state index contributed by atoms with van der Waals surface area (Å²) in [5, 5.41) is 6.97. The van der Waals surface area contributed by atoms with Crippen LogP contribution in [0.5, 0.6) is 0 Å². The van der Waals surface area contributed by atoms with Gasteiger partial charge in [-0.2, -0.15) is 0 Å². The third kappa shape index (κ3) is 2.76. The van der Waals surface area contributed by atoms with Gasteiger partial charge in [0, 0.05) is 28.7 Å². The fraction of sp³-hybridized carbons (Fsp3) is 0.158. The summed E-state index contributed by atoms with van der Waals surface area (Å²) >= 11 is 6.14. The zero-order valence-electron chi connectivity index (χ0n) is 13.5. The molecule has 1 aliphatic rings. The highest BCUT2D eigenvalue weighted by Gasteiger charge is 2.20. The van der Waals surface area contributed by atoms with E-state index in [0.29, 0.717) is 29.1 Å². The van der Waals surface area contributed by atoms with Crippen LogP contribution in [0.4, 0.5) is 11.4 Å². The number of furan rings is 1. The predicted molar refractivity (Wildman–Crippen MR) is 97.3 cm³/mol. The Hall–Kier alpha value is -2.79. The van der Waals surface area contributed by atoms with Crippen molar-refractivity contribution in [2.45, 2.75) is 19.8 Å². The lowest BCUT2D eigenvalue weighted by Crippen LogP contribution is -2.19. The summed E-state index contributed by atoms with van der Waals surface area (Å²) in [6.07, 6.45) is 1.11. The predicted octanol–water partition coefficient (Wildman–Crippen LogP) is 4.53. The molecule has 1 aliphatic heterocycles. The van der Waals surface area contributed by atoms with Gasteiger partial charge in [0.15, 0.2) is 11.3 Å². The lowest BCUT2D eigenvalue weighted by Gasteiger charge is -2.17. The molecule has 0 aliphatic carbocycles. The normalized spacial score (nSPS) is 13.4. The van der Waals surface area contributed by atoms with E-state index >= 15 is 0 Å². The Morgan fingerprint density at radius 1 is 1.24 bits per heavy atom. The third-order valence-corrected chi connectivity index (χ3v) is 4.68. The summed E-state index contributed by atoms with van der Waals surface area (Å²) in [6, 6.07) is 10.9. The molecule has 5 nitrogen and oxygen atoms in total. The van der Waals surface area contributed by atoms with Gasteiger partial charge in [-0.1, -0.05) is 23.7 Å². The molecule has 6 heteroatoms. The van der Waals surface area contributed by atoms with Crippen LogP contribution in [-0.2, 0) is 11.2 Å². The Balaban J connectivity index is 1.64. The van der Waals surface area contributed by atoms with Crippen LogP contribution < -0.4 is 10.6 Å². The SMILES string of the molecule is Cc1c(C(=O)Nc2ccc3c(c2)CCC(=O)N3)oc2c(Cl)cccc12. The highest BCUT2D eigenvalue weighted by atomic mass is 35.5. The van der Waals surface area contributed by atoms with Gasteiger partial charge in [-0.3, -0.25) is 9.59 Å². The van der Waals surface area contributed by atoms with Crippen molar-refractivity contribution in [2.75, 3.05) is 10.6 Å². The number of para-hydroxylation sites is 1. The van der Waals surface area contributed by atoms with Crippen LogP contribution in [0.1, 0.15) is 28.1 Å². The molecule has 4 rings (SSSR count). The molecule has 0 bridgehead atoms. The van der Waals surface area contributed by atoms with Crippen LogP contribution in [-0.4, -0.2) is 11.8 Å². The van der Waals surface area contributed by atoms with E-state index in [2.05, 4.69) is 10.6 Å². The average molecular weight is 355 g/mol. The van der Waals surface area contributed by atoms with Gasteiger partial charge in [-0.05, 0) is 43.2 Å². The summed E-state index contributed by atoms with van der Waals surface area (Å²) < 4.78 is 5.69. The minimum atomic E-state index is -0.329. The zero-order chi connectivity index (χ0) is 17.6. The van der Waals surface area contributed by atoms with Crippen molar-refractivity contribution in [1.29, 1.82) is 0 Å². The van der Waals surface area contributed by atoms with Crippen molar-refractivity contribution >= 4 is 45.8 Å². The molecular weight excluding hydrogens is 340 g/mol. The number of amides is 2. The van der Waals surface area contributed by atoms with Gasteiger partial charge < -0.3 is 15.1 Å². The molecule has 1 aromatic heterocycles. The summed E-state index contributed by atoms with van der Waals surface area (Å²) in [6.45, 7) is 1.83. The number of rotatable bonds is 2. The van der Waals surface area contributed by atoms with E-state index in [0.717, 1.165) is 22.2 Å². The van der Waals surface area contributed by atoms with Crippen LogP contribution in [0.2, 0.25) is 5.02 Å². The number of anilines is 2. The summed E-state index contributed by atoms with van der Waals surface area (Å²) in [5.74, 6) is -0.0715. The molecule has 2 amide bonds. The summed E-state index contributed by atoms with van der Waals surface area (Å²) in [7, 11) is 0. The molecule has 0 unspecified atom stereocenters. The number of fused-ring (bicyclic) bond motifs is 2. The van der Waals surface area contributed by atoms with Gasteiger partial charge in [0.05, 0.1) is 5.02 Å². The fourth-order valence-corrected chi connectivity index (χ4v) is 3.29. The molecule has 0 saturated carbocycles. The number of aryl methyl sites for hydroxylation is 2. The van der Waals surface area contributed by atoms with Gasteiger partial charge in [-0.25, -0.2) is 0 Å². The number of halogens is 1. The van der Waals surface area contributed by atoms with E-state index in [-0.39, 0.29) is 17.6 Å². The molecule has 2 N–H and O–H groups in total. The number of hydrogen-bond donors (Lipinski definition) is 2. The van der Waals surface area contributed by atoms with Gasteiger partial charge in [0.2, 0.25) is 5.91 Å². The lowest BCUT2D eigenvalue weighted by atomic mass is 10.0. The van der Waals surface area contributed by atoms with E-state index in [1.807, 2.05) is 25.1 Å². The number of nitrogens with one attached hydrogen (secondary N) is 2. The second-order valence-corrected chi connectivity index (χ2v) is 6.45. The first-order valence-electron chi connectivity index (χ1n) is 7.94. The second kappa shape index (κ2) is 5.93. The van der Waals surface area contributed by atoms with Crippen molar-refractivity contribution in [2.24, 2.45) is 0 Å². The molecule has 126 valence electrons. The van der Waals surface area contributed by atoms with Crippen molar-refractivity contribution in [3.63, 3.8) is 0 Å². The first-order valence-corrected chi connectivity index (χ1v) is 8.32. The molecule has 0 fully saturated rings. The van der Waals surface area contributed by atoms with E-state index in [4.69, 9.17) is 16.0 Å². The summed E-state index contributed by atoms with van der Waals surface area (Å²) in [4.78, 5) is 24.0. The van der Waals surface area contributed by atoms with Gasteiger partial charge in [0.1, 0.15) is 0 Å². The highest BCUT2D eigenvalue weighted by molar-refractivity contribution is 6.35. The highest BCUT2D eigenvalue weighted by Crippen LogP contribution is 2.31. The van der Waals surface area contributed by atoms with E-state index in [1.54, 1.807) is 18.2 Å². The van der Waals surface area contributed by atoms with Gasteiger partial charge >= 0.3 is 0 Å². The van der Waals surface area contributed by atoms with E-state index in [9.17, 15) is 9.59 Å². The van der Waals surface area contributed by atoms with Crippen molar-refractivity contribution < 1.29 is 14.0 Å². The van der Waals surface area contributed by atoms with Crippen LogP contribution in [0, 0.1) is 6.92 Å². The molecule has 25 heavy (non-hydrogen) atoms. The maximum Gasteiger partial charge on any atom is 0.291 e. The number of carbonyl (C=O) groups excluding carboxylic acids is 2. The zero-order valence-corrected chi connectivity index (χ0v) is 14.2. The topological polar surface area (TPSA) is 71.3 Å². The first kappa shape index (κ1) is 15.7. The lowest BCUT2D eigenvalue weighted by molar-refractivity contribution is -0.116. The monoisotopic (exact) mass is 354 g/mol. The molecule has 2 heterocycles. The van der Waals surface area contributed by atoms with Gasteiger partial charge in [0.25, 0.3) is 5.91 Å². The molecular formula is C19H15ClN2O3. The number of benzene rings is 2. The maximum absolute atomic E-state index is 12.6. The third-order valence-electron chi connectivity index (χ3n) is 4.38. The maximum atomic E-state index is 12.6. The Morgan fingerprint density at radius 2 is 2.08 bits per heavy atom. The fourth-order valence-electron chi connectivity index (χ4n) is 3.07. The number of carbonyl (C=O) groups is 2. The van der Waals surface area contributed by atoms with Gasteiger partial charge in [-0.15, -0.1) is 0 Å². The molecule has 0 spiro atoms. The molecule has 0 radical (unpaired) electrons. The van der Waals surface area contributed by atoms with Crippen molar-refractivity contribution in [1.82, 2.24) is 0 Å². The Kier molecular flexibility index (Phi) is 3.73. The standard InChI is InChI=1S/C19H15ClN2O3/c1-10-13-3-2-4-14(20)18(13)25-17(10)19(24)21-12-6-7-15-11(9-12)5-8-16(23)22-15/h2-4,6-7,9H,5,8H2,1H3,(H,21,24)(H,22,23). The van der Waals surface area contributed by atoms with E-state index in [1.165, 1.54) is 0 Å². The van der Waals surface area contributed by atoms with Crippen LogP contribution in [0.3, 0.4) is 0 Å². The van der Waals surface area contributed by atoms with Crippen LogP contribution >= 0.6 is 11.6 Å². The van der Waals surface area contributed by atoms with E-state index < -0.39 is 0 Å². The van der Waals surface area contributed by atoms with Crippen molar-refractivity contribution in [3.8, 4) is 0 Å². The van der Waals surface area contributed by atoms with Crippen molar-refractivity contribution in [3.05, 3.63) is 58.3 Å². The first-order chi connectivity index (χ1) is 12.0. The molecule has 2 aromatic carbocycles. The Labute approximate surface area is 149 Å². The Bertz CT molecular complexity index is 1020.